The maximum Gasteiger partial charge on any atom is 0.243 e. The molecule has 1 atom stereocenters. The van der Waals surface area contributed by atoms with Crippen molar-refractivity contribution in [3.05, 3.63) is 23.8 Å². The average molecular weight is 381 g/mol. The second kappa shape index (κ2) is 7.00. The van der Waals surface area contributed by atoms with Crippen molar-refractivity contribution in [1.29, 1.82) is 0 Å². The van der Waals surface area contributed by atoms with Crippen molar-refractivity contribution in [2.24, 2.45) is 0 Å². The Bertz CT molecular complexity index is 833. The molecule has 8 heteroatoms. The molecule has 0 aliphatic carbocycles. The van der Waals surface area contributed by atoms with Gasteiger partial charge in [0.05, 0.1) is 16.9 Å². The van der Waals surface area contributed by atoms with Gasteiger partial charge in [-0.1, -0.05) is 6.92 Å². The summed E-state index contributed by atoms with van der Waals surface area (Å²) in [5.41, 5.74) is 0.585. The van der Waals surface area contributed by atoms with E-state index in [1.54, 1.807) is 27.0 Å². The second-order valence-corrected chi connectivity index (χ2v) is 9.35. The summed E-state index contributed by atoms with van der Waals surface area (Å²) in [6, 6.07) is 4.64. The molecule has 1 N–H and O–H groups in total. The number of nitrogens with one attached hydrogen (secondary N) is 1. The number of sulfonamides is 1. The Morgan fingerprint density at radius 1 is 1.35 bits per heavy atom. The number of nitrogens with zero attached hydrogens (tertiary/aromatic N) is 2. The fourth-order valence-electron chi connectivity index (χ4n) is 3.00. The van der Waals surface area contributed by atoms with Gasteiger partial charge in [-0.15, -0.1) is 0 Å². The van der Waals surface area contributed by atoms with Crippen molar-refractivity contribution in [1.82, 2.24) is 9.62 Å². The number of carbonyl (C=O) groups excluding carboxylic acids is 2. The zero-order valence-corrected chi connectivity index (χ0v) is 17.0. The summed E-state index contributed by atoms with van der Waals surface area (Å²) < 4.78 is 26.7. The van der Waals surface area contributed by atoms with Crippen LogP contribution in [-0.4, -0.2) is 51.2 Å². The van der Waals surface area contributed by atoms with Crippen molar-refractivity contribution >= 4 is 27.5 Å². The number of hydrogen-bond acceptors (Lipinski definition) is 4. The van der Waals surface area contributed by atoms with Crippen LogP contribution in [0.1, 0.15) is 39.7 Å². The lowest BCUT2D eigenvalue weighted by molar-refractivity contribution is -0.122. The summed E-state index contributed by atoms with van der Waals surface area (Å²) in [4.78, 5) is 26.0. The minimum absolute atomic E-state index is 0.0130. The van der Waals surface area contributed by atoms with E-state index in [2.05, 4.69) is 5.32 Å². The van der Waals surface area contributed by atoms with Gasteiger partial charge in [-0.25, -0.2) is 8.42 Å². The van der Waals surface area contributed by atoms with Crippen molar-refractivity contribution in [3.8, 4) is 0 Å². The summed E-state index contributed by atoms with van der Waals surface area (Å²) in [6.07, 6.45) is 0.768. The lowest BCUT2D eigenvalue weighted by atomic mass is 9.86. The highest BCUT2D eigenvalue weighted by atomic mass is 32.2. The maximum atomic E-state index is 12.8. The van der Waals surface area contributed by atoms with E-state index in [4.69, 9.17) is 0 Å². The number of likely N-dealkylation sites (N-methyl/N-ethyl adjacent to an activating group) is 2. The number of amides is 2. The molecule has 0 bridgehead atoms. The van der Waals surface area contributed by atoms with E-state index in [1.165, 1.54) is 24.1 Å². The van der Waals surface area contributed by atoms with Gasteiger partial charge in [-0.2, -0.15) is 4.31 Å². The topological polar surface area (TPSA) is 86.8 Å². The predicted octanol–water partition coefficient (Wildman–Crippen LogP) is 1.48. The second-order valence-electron chi connectivity index (χ2n) is 7.31. The molecule has 26 heavy (non-hydrogen) atoms. The van der Waals surface area contributed by atoms with Crippen molar-refractivity contribution in [2.45, 2.75) is 50.5 Å². The molecule has 0 saturated heterocycles. The minimum atomic E-state index is -3.84. The molecule has 2 rings (SSSR count). The Morgan fingerprint density at radius 2 is 1.96 bits per heavy atom. The SMILES string of the molecule is CC[C@@H](C)NC(=O)CN(C)S(=O)(=O)c1ccc2c(c1)C(C)(C)C(=O)N2C. The van der Waals surface area contributed by atoms with Gasteiger partial charge in [-0.3, -0.25) is 9.59 Å². The summed E-state index contributed by atoms with van der Waals surface area (Å²) in [5, 5.41) is 2.75. The van der Waals surface area contributed by atoms with Gasteiger partial charge in [-0.05, 0) is 51.0 Å². The lowest BCUT2D eigenvalue weighted by Crippen LogP contribution is -2.41. The van der Waals surface area contributed by atoms with Crippen LogP contribution in [0.3, 0.4) is 0 Å². The number of anilines is 1. The van der Waals surface area contributed by atoms with Gasteiger partial charge < -0.3 is 10.2 Å². The molecule has 0 fully saturated rings. The highest BCUT2D eigenvalue weighted by molar-refractivity contribution is 7.89. The Morgan fingerprint density at radius 3 is 2.54 bits per heavy atom. The van der Waals surface area contributed by atoms with E-state index >= 15 is 0 Å². The van der Waals surface area contributed by atoms with Gasteiger partial charge >= 0.3 is 0 Å². The Labute approximate surface area is 155 Å². The normalized spacial score (nSPS) is 17.3. The monoisotopic (exact) mass is 381 g/mol. The van der Waals surface area contributed by atoms with E-state index in [1.807, 2.05) is 13.8 Å². The molecule has 1 aliphatic heterocycles. The molecule has 1 aromatic carbocycles. The lowest BCUT2D eigenvalue weighted by Gasteiger charge is -2.20. The summed E-state index contributed by atoms with van der Waals surface area (Å²) in [7, 11) is -0.788. The third-order valence-electron chi connectivity index (χ3n) is 4.94. The molecule has 0 unspecified atom stereocenters. The first-order valence-corrected chi connectivity index (χ1v) is 10.0. The first-order chi connectivity index (χ1) is 11.9. The third-order valence-corrected chi connectivity index (χ3v) is 6.74. The van der Waals surface area contributed by atoms with Crippen molar-refractivity contribution in [3.63, 3.8) is 0 Å². The van der Waals surface area contributed by atoms with Crippen LogP contribution >= 0.6 is 0 Å². The molecule has 1 aliphatic rings. The van der Waals surface area contributed by atoms with Crippen LogP contribution in [0, 0.1) is 0 Å². The van der Waals surface area contributed by atoms with Gasteiger partial charge in [0.25, 0.3) is 0 Å². The summed E-state index contributed by atoms with van der Waals surface area (Å²) >= 11 is 0. The fourth-order valence-corrected chi connectivity index (χ4v) is 4.16. The number of carbonyl (C=O) groups is 2. The van der Waals surface area contributed by atoms with Crippen LogP contribution < -0.4 is 10.2 Å². The first kappa shape index (κ1) is 20.4. The maximum absolute atomic E-state index is 12.8. The standard InChI is InChI=1S/C18H27N3O4S/c1-7-12(2)19-16(22)11-20(5)26(24,25)13-8-9-15-14(10-13)18(3,4)17(23)21(15)6/h8-10,12H,7,11H2,1-6H3,(H,19,22)/t12-/m1/s1. The molecular formula is C18H27N3O4S. The van der Waals surface area contributed by atoms with Crippen LogP contribution in [0.2, 0.25) is 0 Å². The van der Waals surface area contributed by atoms with Crippen LogP contribution in [0.25, 0.3) is 0 Å². The van der Waals surface area contributed by atoms with Gasteiger partial charge in [0.1, 0.15) is 0 Å². The van der Waals surface area contributed by atoms with Crippen LogP contribution in [-0.2, 0) is 25.0 Å². The summed E-state index contributed by atoms with van der Waals surface area (Å²) in [5.74, 6) is -0.426. The van der Waals surface area contributed by atoms with Crippen molar-refractivity contribution < 1.29 is 18.0 Å². The van der Waals surface area contributed by atoms with E-state index in [-0.39, 0.29) is 29.3 Å². The van der Waals surface area contributed by atoms with Crippen molar-refractivity contribution in [2.75, 3.05) is 25.5 Å². The predicted molar refractivity (Wildman–Crippen MR) is 101 cm³/mol. The van der Waals surface area contributed by atoms with E-state index in [0.29, 0.717) is 11.3 Å². The zero-order valence-electron chi connectivity index (χ0n) is 16.2. The average Bonchev–Trinajstić information content (AvgIpc) is 2.75. The molecule has 1 heterocycles. The smallest absolute Gasteiger partial charge is 0.243 e. The van der Waals surface area contributed by atoms with E-state index < -0.39 is 15.4 Å². The van der Waals surface area contributed by atoms with Crippen LogP contribution in [0.5, 0.6) is 0 Å². The fraction of sp³-hybridized carbons (Fsp3) is 0.556. The molecule has 144 valence electrons. The number of fused-ring (bicyclic) bond motifs is 1. The molecule has 1 aromatic rings. The number of rotatable bonds is 6. The quantitative estimate of drug-likeness (QED) is 0.809. The molecular weight excluding hydrogens is 354 g/mol. The summed E-state index contributed by atoms with van der Waals surface area (Å²) in [6.45, 7) is 7.10. The highest BCUT2D eigenvalue weighted by Gasteiger charge is 2.43. The Kier molecular flexibility index (Phi) is 5.49. The van der Waals surface area contributed by atoms with E-state index in [9.17, 15) is 18.0 Å². The highest BCUT2D eigenvalue weighted by Crippen LogP contribution is 2.41. The Hall–Kier alpha value is -1.93. The number of hydrogen-bond donors (Lipinski definition) is 1. The van der Waals surface area contributed by atoms with Gasteiger partial charge in [0.15, 0.2) is 0 Å². The first-order valence-electron chi connectivity index (χ1n) is 8.61. The molecule has 7 nitrogen and oxygen atoms in total. The minimum Gasteiger partial charge on any atom is -0.353 e. The zero-order chi connectivity index (χ0) is 19.9. The largest absolute Gasteiger partial charge is 0.353 e. The van der Waals surface area contributed by atoms with Crippen LogP contribution in [0.15, 0.2) is 23.1 Å². The molecule has 0 saturated carbocycles. The molecule has 0 spiro atoms. The molecule has 2 amide bonds. The van der Waals surface area contributed by atoms with E-state index in [0.717, 1.165) is 10.7 Å². The van der Waals surface area contributed by atoms with Gasteiger partial charge in [0.2, 0.25) is 21.8 Å². The Balaban J connectivity index is 2.30. The molecule has 0 radical (unpaired) electrons. The third kappa shape index (κ3) is 3.48. The van der Waals surface area contributed by atoms with Gasteiger partial charge in [0, 0.05) is 25.8 Å². The molecule has 0 aromatic heterocycles. The van der Waals surface area contributed by atoms with Crippen LogP contribution in [0.4, 0.5) is 5.69 Å². The number of benzene rings is 1.